The van der Waals surface area contributed by atoms with Crippen LogP contribution in [0.1, 0.15) is 56.9 Å². The molecule has 0 unspecified atom stereocenters. The number of likely N-dealkylation sites (N-methyl/N-ethyl adjacent to an activating group) is 1. The molecule has 1 N–H and O–H groups in total. The molecule has 2 saturated heterocycles. The van der Waals surface area contributed by atoms with E-state index in [2.05, 4.69) is 51.4 Å². The smallest absolute Gasteiger partial charge is 0.193 e. The van der Waals surface area contributed by atoms with Gasteiger partial charge in [0, 0.05) is 52.5 Å². The monoisotopic (exact) mass is 570 g/mol. The third kappa shape index (κ3) is 7.46. The fourth-order valence-electron chi connectivity index (χ4n) is 5.70. The minimum atomic E-state index is 0. The van der Waals surface area contributed by atoms with E-state index >= 15 is 0 Å². The largest absolute Gasteiger partial charge is 0.492 e. The summed E-state index contributed by atoms with van der Waals surface area (Å²) >= 11 is 0. The average Bonchev–Trinajstić information content (AvgIpc) is 3.23. The van der Waals surface area contributed by atoms with Gasteiger partial charge in [-0.25, -0.2) is 0 Å². The highest BCUT2D eigenvalue weighted by Crippen LogP contribution is 2.43. The van der Waals surface area contributed by atoms with Gasteiger partial charge in [0.2, 0.25) is 0 Å². The van der Waals surface area contributed by atoms with E-state index in [0.29, 0.717) is 18.1 Å². The van der Waals surface area contributed by atoms with Crippen LogP contribution < -0.4 is 10.1 Å². The van der Waals surface area contributed by atoms with Gasteiger partial charge in [0.15, 0.2) is 5.96 Å². The van der Waals surface area contributed by atoms with E-state index in [1.54, 1.807) is 0 Å². The molecule has 186 valence electrons. The van der Waals surface area contributed by atoms with Gasteiger partial charge in [0.05, 0.1) is 0 Å². The van der Waals surface area contributed by atoms with Crippen molar-refractivity contribution in [1.29, 1.82) is 0 Å². The van der Waals surface area contributed by atoms with Crippen LogP contribution in [-0.4, -0.2) is 75.4 Å². The first-order chi connectivity index (χ1) is 15.7. The van der Waals surface area contributed by atoms with Gasteiger partial charge in [-0.2, -0.15) is 0 Å². The number of nitrogens with zero attached hydrogens (tertiary/aromatic N) is 3. The van der Waals surface area contributed by atoms with Gasteiger partial charge in [-0.15, -0.1) is 24.0 Å². The predicted octanol–water partition coefficient (Wildman–Crippen LogP) is 4.53. The molecule has 1 saturated carbocycles. The number of nitrogens with one attached hydrogen (secondary N) is 1. The van der Waals surface area contributed by atoms with Crippen LogP contribution in [0, 0.1) is 5.41 Å². The van der Waals surface area contributed by atoms with Crippen molar-refractivity contribution in [1.82, 2.24) is 15.1 Å². The lowest BCUT2D eigenvalue weighted by molar-refractivity contribution is 0.0392. The lowest BCUT2D eigenvalue weighted by Crippen LogP contribution is -2.41. The van der Waals surface area contributed by atoms with Crippen molar-refractivity contribution >= 4 is 29.9 Å². The summed E-state index contributed by atoms with van der Waals surface area (Å²) in [6.45, 7) is 6.48. The molecule has 0 radical (unpaired) electrons. The molecule has 7 heteroatoms. The number of benzene rings is 1. The standard InChI is InChI=1S/C26H42N4O2.HI/c1-27-25(30-14-13-26(21-30)11-4-3-5-12-26)28-20-22-7-6-8-24(19-22)32-18-15-29(2)23-9-16-31-17-10-23;/h6-8,19,23H,3-5,9-18,20-21H2,1-2H3,(H,27,28);1H. The van der Waals surface area contributed by atoms with Crippen LogP contribution in [0.15, 0.2) is 29.3 Å². The highest BCUT2D eigenvalue weighted by molar-refractivity contribution is 14.0. The maximum absolute atomic E-state index is 6.07. The quantitative estimate of drug-likeness (QED) is 0.297. The predicted molar refractivity (Wildman–Crippen MR) is 146 cm³/mol. The molecule has 4 rings (SSSR count). The van der Waals surface area contributed by atoms with Gasteiger partial charge in [-0.05, 0) is 62.3 Å². The number of halogens is 1. The van der Waals surface area contributed by atoms with Crippen molar-refractivity contribution in [2.45, 2.75) is 64.0 Å². The van der Waals surface area contributed by atoms with Crippen molar-refractivity contribution in [2.75, 3.05) is 53.6 Å². The summed E-state index contributed by atoms with van der Waals surface area (Å²) in [7, 11) is 4.10. The van der Waals surface area contributed by atoms with Crippen LogP contribution in [0.2, 0.25) is 0 Å². The lowest BCUT2D eigenvalue weighted by Gasteiger charge is -2.33. The normalized spacial score (nSPS) is 21.3. The molecule has 1 aliphatic carbocycles. The molecule has 2 aliphatic heterocycles. The van der Waals surface area contributed by atoms with Gasteiger partial charge in [0.25, 0.3) is 0 Å². The molecule has 0 bridgehead atoms. The zero-order valence-electron chi connectivity index (χ0n) is 20.6. The van der Waals surface area contributed by atoms with Crippen molar-refractivity contribution in [3.63, 3.8) is 0 Å². The van der Waals surface area contributed by atoms with E-state index in [1.165, 1.54) is 44.1 Å². The van der Waals surface area contributed by atoms with Gasteiger partial charge < -0.3 is 19.7 Å². The van der Waals surface area contributed by atoms with E-state index in [4.69, 9.17) is 9.47 Å². The minimum absolute atomic E-state index is 0. The van der Waals surface area contributed by atoms with Crippen LogP contribution >= 0.6 is 24.0 Å². The SMILES string of the molecule is CN=C(NCc1cccc(OCCN(C)C2CCOCC2)c1)N1CCC2(CCCCC2)C1.I. The van der Waals surface area contributed by atoms with E-state index in [1.807, 2.05) is 7.05 Å². The third-order valence-electron chi connectivity index (χ3n) is 7.74. The maximum atomic E-state index is 6.07. The minimum Gasteiger partial charge on any atom is -0.492 e. The summed E-state index contributed by atoms with van der Waals surface area (Å²) in [5, 5.41) is 3.59. The van der Waals surface area contributed by atoms with Crippen LogP contribution in [-0.2, 0) is 11.3 Å². The van der Waals surface area contributed by atoms with Crippen LogP contribution in [0.5, 0.6) is 5.75 Å². The molecular weight excluding hydrogens is 527 g/mol. The summed E-state index contributed by atoms with van der Waals surface area (Å²) in [4.78, 5) is 9.46. The Morgan fingerprint density at radius 1 is 1.21 bits per heavy atom. The van der Waals surface area contributed by atoms with Crippen molar-refractivity contribution in [2.24, 2.45) is 10.4 Å². The summed E-state index contributed by atoms with van der Waals surface area (Å²) < 4.78 is 11.5. The molecule has 2 heterocycles. The highest BCUT2D eigenvalue weighted by Gasteiger charge is 2.39. The summed E-state index contributed by atoms with van der Waals surface area (Å²) in [6, 6.07) is 9.08. The van der Waals surface area contributed by atoms with Crippen LogP contribution in [0.25, 0.3) is 0 Å². The van der Waals surface area contributed by atoms with Crippen molar-refractivity contribution in [3.05, 3.63) is 29.8 Å². The number of ether oxygens (including phenoxy) is 2. The Balaban J connectivity index is 0.00000306. The zero-order valence-corrected chi connectivity index (χ0v) is 22.9. The summed E-state index contributed by atoms with van der Waals surface area (Å²) in [5.41, 5.74) is 1.77. The van der Waals surface area contributed by atoms with E-state index in [-0.39, 0.29) is 24.0 Å². The molecule has 33 heavy (non-hydrogen) atoms. The molecular formula is C26H43IN4O2. The van der Waals surface area contributed by atoms with Crippen LogP contribution in [0.4, 0.5) is 0 Å². The Kier molecular flexibility index (Phi) is 10.6. The second-order valence-electron chi connectivity index (χ2n) is 9.95. The first-order valence-electron chi connectivity index (χ1n) is 12.6. The Hall–Kier alpha value is -1.06. The van der Waals surface area contributed by atoms with E-state index < -0.39 is 0 Å². The first-order valence-corrected chi connectivity index (χ1v) is 12.6. The molecule has 0 atom stereocenters. The molecule has 0 aromatic heterocycles. The first kappa shape index (κ1) is 26.5. The van der Waals surface area contributed by atoms with E-state index in [9.17, 15) is 0 Å². The fraction of sp³-hybridized carbons (Fsp3) is 0.731. The number of guanidine groups is 1. The van der Waals surface area contributed by atoms with Crippen molar-refractivity contribution < 1.29 is 9.47 Å². The Morgan fingerprint density at radius 2 is 2.00 bits per heavy atom. The van der Waals surface area contributed by atoms with Crippen molar-refractivity contribution in [3.8, 4) is 5.75 Å². The molecule has 1 spiro atoms. The molecule has 3 fully saturated rings. The summed E-state index contributed by atoms with van der Waals surface area (Å²) in [5.74, 6) is 1.99. The Bertz CT molecular complexity index is 748. The van der Waals surface area contributed by atoms with Gasteiger partial charge in [-0.3, -0.25) is 9.89 Å². The zero-order chi connectivity index (χ0) is 22.2. The van der Waals surface area contributed by atoms with Gasteiger partial charge >= 0.3 is 0 Å². The number of hydrogen-bond donors (Lipinski definition) is 1. The summed E-state index contributed by atoms with van der Waals surface area (Å²) in [6.07, 6.45) is 10.6. The van der Waals surface area contributed by atoms with E-state index in [0.717, 1.165) is 63.9 Å². The number of aliphatic imine (C=N–C) groups is 1. The molecule has 3 aliphatic rings. The second kappa shape index (κ2) is 13.1. The lowest BCUT2D eigenvalue weighted by atomic mass is 9.73. The Labute approximate surface area is 217 Å². The molecule has 1 aromatic carbocycles. The topological polar surface area (TPSA) is 49.3 Å². The Morgan fingerprint density at radius 3 is 2.76 bits per heavy atom. The third-order valence-corrected chi connectivity index (χ3v) is 7.74. The van der Waals surface area contributed by atoms with Crippen LogP contribution in [0.3, 0.4) is 0 Å². The number of rotatable bonds is 7. The maximum Gasteiger partial charge on any atom is 0.193 e. The molecule has 6 nitrogen and oxygen atoms in total. The number of hydrogen-bond acceptors (Lipinski definition) is 4. The fourth-order valence-corrected chi connectivity index (χ4v) is 5.70. The molecule has 1 aromatic rings. The van der Waals surface area contributed by atoms with Gasteiger partial charge in [-0.1, -0.05) is 31.4 Å². The van der Waals surface area contributed by atoms with Gasteiger partial charge in [0.1, 0.15) is 12.4 Å². The second-order valence-corrected chi connectivity index (χ2v) is 9.95. The average molecular weight is 571 g/mol. The number of likely N-dealkylation sites (tertiary alicyclic amines) is 1. The molecule has 0 amide bonds. The highest BCUT2D eigenvalue weighted by atomic mass is 127.